The van der Waals surface area contributed by atoms with E-state index in [0.29, 0.717) is 25.8 Å². The number of nitro benzene ring substituents is 1. The second kappa shape index (κ2) is 6.98. The van der Waals surface area contributed by atoms with Crippen LogP contribution in [0.4, 0.5) is 20.2 Å². The molecule has 0 aliphatic heterocycles. The first-order valence-electron chi connectivity index (χ1n) is 5.93. The lowest BCUT2D eigenvalue weighted by atomic mass is 10.2. The molecule has 1 N–H and O–H groups in total. The lowest BCUT2D eigenvalue weighted by molar-refractivity contribution is -0.384. The van der Waals surface area contributed by atoms with E-state index < -0.39 is 22.2 Å². The number of halogens is 2. The summed E-state index contributed by atoms with van der Waals surface area (Å²) in [6.45, 7) is 0.416. The summed E-state index contributed by atoms with van der Waals surface area (Å²) in [7, 11) is 1.48. The Balaban J connectivity index is 2.90. The molecule has 0 saturated heterocycles. The molecule has 0 heterocycles. The molecule has 0 atom stereocenters. The number of unbranched alkanes of at least 4 members (excludes halogenated alkanes) is 2. The number of anilines is 1. The lowest BCUT2D eigenvalue weighted by Gasteiger charge is -2.19. The SMILES string of the molecule is CN(CCCCCO)c1c([N+](=O)[O-])ccc(F)c1F. The van der Waals surface area contributed by atoms with Gasteiger partial charge in [0.15, 0.2) is 17.3 Å². The molecule has 0 unspecified atom stereocenters. The molecule has 0 aliphatic carbocycles. The van der Waals surface area contributed by atoms with Crippen LogP contribution < -0.4 is 4.90 Å². The van der Waals surface area contributed by atoms with E-state index in [1.807, 2.05) is 0 Å². The van der Waals surface area contributed by atoms with Crippen molar-refractivity contribution >= 4 is 11.4 Å². The smallest absolute Gasteiger partial charge is 0.295 e. The number of rotatable bonds is 7. The first-order chi connectivity index (χ1) is 8.99. The molecular formula is C12H16F2N2O3. The van der Waals surface area contributed by atoms with E-state index in [0.717, 1.165) is 12.1 Å². The van der Waals surface area contributed by atoms with Gasteiger partial charge in [0.05, 0.1) is 4.92 Å². The summed E-state index contributed by atoms with van der Waals surface area (Å²) in [6, 6.07) is 1.70. The Hall–Kier alpha value is -1.76. The van der Waals surface area contributed by atoms with Crippen molar-refractivity contribution in [1.82, 2.24) is 0 Å². The number of aliphatic hydroxyl groups is 1. The summed E-state index contributed by atoms with van der Waals surface area (Å²) >= 11 is 0. The molecule has 19 heavy (non-hydrogen) atoms. The molecule has 1 aromatic carbocycles. The predicted molar refractivity (Wildman–Crippen MR) is 67.2 cm³/mol. The van der Waals surface area contributed by atoms with E-state index in [1.54, 1.807) is 0 Å². The molecule has 0 spiro atoms. The number of hydrogen-bond acceptors (Lipinski definition) is 4. The van der Waals surface area contributed by atoms with Crippen LogP contribution in [0.2, 0.25) is 0 Å². The van der Waals surface area contributed by atoms with Gasteiger partial charge in [0, 0.05) is 26.3 Å². The topological polar surface area (TPSA) is 66.6 Å². The van der Waals surface area contributed by atoms with E-state index in [9.17, 15) is 18.9 Å². The van der Waals surface area contributed by atoms with E-state index >= 15 is 0 Å². The molecule has 0 aliphatic rings. The Labute approximate surface area is 109 Å². The second-order valence-corrected chi connectivity index (χ2v) is 4.19. The van der Waals surface area contributed by atoms with Crippen LogP contribution in [-0.4, -0.2) is 30.2 Å². The summed E-state index contributed by atoms with van der Waals surface area (Å²) in [5.74, 6) is -2.32. The van der Waals surface area contributed by atoms with Gasteiger partial charge in [-0.05, 0) is 25.3 Å². The average Bonchev–Trinajstić information content (AvgIpc) is 2.37. The summed E-state index contributed by atoms with van der Waals surface area (Å²) < 4.78 is 26.9. The van der Waals surface area contributed by atoms with Crippen molar-refractivity contribution in [2.75, 3.05) is 25.1 Å². The van der Waals surface area contributed by atoms with Gasteiger partial charge in [0.1, 0.15) is 0 Å². The molecule has 5 nitrogen and oxygen atoms in total. The number of aliphatic hydroxyl groups excluding tert-OH is 1. The van der Waals surface area contributed by atoms with Crippen molar-refractivity contribution in [3.05, 3.63) is 33.9 Å². The number of nitrogens with zero attached hydrogens (tertiary/aromatic N) is 2. The van der Waals surface area contributed by atoms with E-state index in [-0.39, 0.29) is 12.3 Å². The van der Waals surface area contributed by atoms with Gasteiger partial charge in [0.2, 0.25) is 0 Å². The largest absolute Gasteiger partial charge is 0.396 e. The maximum atomic E-state index is 13.7. The van der Waals surface area contributed by atoms with Gasteiger partial charge in [-0.2, -0.15) is 0 Å². The normalized spacial score (nSPS) is 10.5. The van der Waals surface area contributed by atoms with Crippen LogP contribution in [0.15, 0.2) is 12.1 Å². The molecule has 0 bridgehead atoms. The molecule has 0 amide bonds. The Bertz CT molecular complexity index is 455. The van der Waals surface area contributed by atoms with Gasteiger partial charge in [-0.25, -0.2) is 8.78 Å². The number of benzene rings is 1. The van der Waals surface area contributed by atoms with E-state index in [1.165, 1.54) is 11.9 Å². The van der Waals surface area contributed by atoms with E-state index in [4.69, 9.17) is 5.11 Å². The van der Waals surface area contributed by atoms with Crippen molar-refractivity contribution in [2.24, 2.45) is 0 Å². The minimum Gasteiger partial charge on any atom is -0.396 e. The number of hydrogen-bond donors (Lipinski definition) is 1. The summed E-state index contributed by atoms with van der Waals surface area (Å²) in [6.07, 6.45) is 1.96. The predicted octanol–water partition coefficient (Wildman–Crippen LogP) is 2.47. The van der Waals surface area contributed by atoms with Crippen LogP contribution in [-0.2, 0) is 0 Å². The monoisotopic (exact) mass is 274 g/mol. The van der Waals surface area contributed by atoms with Gasteiger partial charge in [0.25, 0.3) is 5.69 Å². The van der Waals surface area contributed by atoms with Crippen molar-refractivity contribution in [3.63, 3.8) is 0 Å². The third kappa shape index (κ3) is 3.85. The zero-order valence-corrected chi connectivity index (χ0v) is 10.6. The van der Waals surface area contributed by atoms with Gasteiger partial charge < -0.3 is 10.0 Å². The third-order valence-corrected chi connectivity index (χ3v) is 2.78. The maximum absolute atomic E-state index is 13.7. The van der Waals surface area contributed by atoms with Gasteiger partial charge in [-0.15, -0.1) is 0 Å². The summed E-state index contributed by atoms with van der Waals surface area (Å²) in [5, 5.41) is 19.5. The summed E-state index contributed by atoms with van der Waals surface area (Å²) in [5.41, 5.74) is -0.794. The summed E-state index contributed by atoms with van der Waals surface area (Å²) in [4.78, 5) is 11.4. The second-order valence-electron chi connectivity index (χ2n) is 4.19. The zero-order valence-electron chi connectivity index (χ0n) is 10.6. The highest BCUT2D eigenvalue weighted by Gasteiger charge is 2.24. The Morgan fingerprint density at radius 3 is 2.58 bits per heavy atom. The van der Waals surface area contributed by atoms with Crippen molar-refractivity contribution in [3.8, 4) is 0 Å². The fourth-order valence-corrected chi connectivity index (χ4v) is 1.79. The fraction of sp³-hybridized carbons (Fsp3) is 0.500. The minimum atomic E-state index is -1.21. The highest BCUT2D eigenvalue weighted by molar-refractivity contribution is 5.63. The number of nitro groups is 1. The van der Waals surface area contributed by atoms with Gasteiger partial charge in [-0.3, -0.25) is 10.1 Å². The van der Waals surface area contributed by atoms with Crippen LogP contribution in [0.25, 0.3) is 0 Å². The molecule has 1 rings (SSSR count). The Morgan fingerprint density at radius 1 is 1.32 bits per heavy atom. The third-order valence-electron chi connectivity index (χ3n) is 2.78. The van der Waals surface area contributed by atoms with Crippen LogP contribution >= 0.6 is 0 Å². The van der Waals surface area contributed by atoms with Crippen LogP contribution in [0.3, 0.4) is 0 Å². The van der Waals surface area contributed by atoms with Gasteiger partial charge >= 0.3 is 0 Å². The molecule has 106 valence electrons. The molecular weight excluding hydrogens is 258 g/mol. The lowest BCUT2D eigenvalue weighted by Crippen LogP contribution is -2.21. The first-order valence-corrected chi connectivity index (χ1v) is 5.93. The minimum absolute atomic E-state index is 0.0676. The molecule has 0 fully saturated rings. The highest BCUT2D eigenvalue weighted by atomic mass is 19.2. The van der Waals surface area contributed by atoms with Crippen molar-refractivity contribution < 1.29 is 18.8 Å². The van der Waals surface area contributed by atoms with Crippen LogP contribution in [0.5, 0.6) is 0 Å². The molecule has 0 radical (unpaired) electrons. The molecule has 7 heteroatoms. The van der Waals surface area contributed by atoms with Crippen molar-refractivity contribution in [1.29, 1.82) is 0 Å². The first kappa shape index (κ1) is 15.3. The Kier molecular flexibility index (Phi) is 5.62. The molecule has 1 aromatic rings. The molecule has 0 aromatic heterocycles. The highest BCUT2D eigenvalue weighted by Crippen LogP contribution is 2.32. The van der Waals surface area contributed by atoms with Gasteiger partial charge in [-0.1, -0.05) is 0 Å². The maximum Gasteiger partial charge on any atom is 0.295 e. The Morgan fingerprint density at radius 2 is 2.00 bits per heavy atom. The van der Waals surface area contributed by atoms with Crippen LogP contribution in [0, 0.1) is 21.7 Å². The zero-order chi connectivity index (χ0) is 14.4. The fourth-order valence-electron chi connectivity index (χ4n) is 1.79. The standard InChI is InChI=1S/C12H16F2N2O3/c1-15(7-3-2-4-8-17)12-10(16(18)19)6-5-9(13)11(12)14/h5-6,17H,2-4,7-8H2,1H3. The van der Waals surface area contributed by atoms with Crippen molar-refractivity contribution in [2.45, 2.75) is 19.3 Å². The van der Waals surface area contributed by atoms with Crippen LogP contribution in [0.1, 0.15) is 19.3 Å². The van der Waals surface area contributed by atoms with E-state index in [2.05, 4.69) is 0 Å². The average molecular weight is 274 g/mol. The molecule has 0 saturated carbocycles. The quantitative estimate of drug-likeness (QED) is 0.471.